The van der Waals surface area contributed by atoms with Crippen molar-refractivity contribution in [3.63, 3.8) is 0 Å². The highest BCUT2D eigenvalue weighted by Gasteiger charge is 2.47. The van der Waals surface area contributed by atoms with E-state index in [0.29, 0.717) is 2.33 Å². The highest BCUT2D eigenvalue weighted by Crippen LogP contribution is 2.58. The molecule has 2 aliphatic rings. The molecular formula is C7H10BrI. The summed E-state index contributed by atoms with van der Waals surface area (Å²) in [5.74, 6) is 2.05. The van der Waals surface area contributed by atoms with Crippen molar-refractivity contribution in [1.82, 2.24) is 0 Å². The molecule has 0 amide bonds. The minimum atomic E-state index is 0.494. The van der Waals surface area contributed by atoms with Crippen molar-refractivity contribution in [3.05, 3.63) is 0 Å². The van der Waals surface area contributed by atoms with E-state index in [-0.39, 0.29) is 0 Å². The largest absolute Gasteiger partial charge is 0.0800 e. The third-order valence-electron chi connectivity index (χ3n) is 2.70. The van der Waals surface area contributed by atoms with Crippen LogP contribution in [0.4, 0.5) is 0 Å². The van der Waals surface area contributed by atoms with Crippen LogP contribution in [-0.4, -0.2) is 2.33 Å². The monoisotopic (exact) mass is 300 g/mol. The van der Waals surface area contributed by atoms with Gasteiger partial charge in [-0.05, 0) is 31.1 Å². The Morgan fingerprint density at radius 2 is 2.22 bits per heavy atom. The summed E-state index contributed by atoms with van der Waals surface area (Å²) in [5.41, 5.74) is 0. The maximum absolute atomic E-state index is 3.79. The second-order valence-corrected chi connectivity index (χ2v) is 8.16. The first kappa shape index (κ1) is 6.89. The molecule has 2 fully saturated rings. The molecule has 3 atom stereocenters. The van der Waals surface area contributed by atoms with E-state index in [2.05, 4.69) is 38.5 Å². The lowest BCUT2D eigenvalue weighted by atomic mass is 10.0. The van der Waals surface area contributed by atoms with Crippen LogP contribution in [0.1, 0.15) is 25.7 Å². The van der Waals surface area contributed by atoms with Crippen molar-refractivity contribution in [2.75, 3.05) is 0 Å². The molecule has 9 heavy (non-hydrogen) atoms. The van der Waals surface area contributed by atoms with Crippen LogP contribution in [0.15, 0.2) is 0 Å². The Morgan fingerprint density at radius 1 is 1.44 bits per heavy atom. The maximum atomic E-state index is 3.79. The Morgan fingerprint density at radius 3 is 2.44 bits per heavy atom. The second kappa shape index (κ2) is 2.10. The van der Waals surface area contributed by atoms with Gasteiger partial charge in [0.25, 0.3) is 0 Å². The summed E-state index contributed by atoms with van der Waals surface area (Å²) in [7, 11) is 0. The molecule has 3 unspecified atom stereocenters. The first-order chi connectivity index (χ1) is 4.18. The van der Waals surface area contributed by atoms with Gasteiger partial charge in [-0.15, -0.1) is 0 Å². The Bertz CT molecular complexity index is 133. The Hall–Kier alpha value is 1.21. The van der Waals surface area contributed by atoms with Crippen LogP contribution >= 0.6 is 38.5 Å². The molecule has 0 N–H and O–H groups in total. The first-order valence-electron chi connectivity index (χ1n) is 3.56. The van der Waals surface area contributed by atoms with Gasteiger partial charge >= 0.3 is 0 Å². The van der Waals surface area contributed by atoms with Crippen LogP contribution in [0.5, 0.6) is 0 Å². The van der Waals surface area contributed by atoms with Gasteiger partial charge in [0.15, 0.2) is 0 Å². The van der Waals surface area contributed by atoms with Crippen molar-refractivity contribution >= 4 is 38.5 Å². The van der Waals surface area contributed by atoms with Crippen LogP contribution in [-0.2, 0) is 0 Å². The van der Waals surface area contributed by atoms with Gasteiger partial charge in [-0.25, -0.2) is 0 Å². The zero-order valence-corrected chi connectivity index (χ0v) is 8.98. The normalized spacial score (nSPS) is 56.7. The van der Waals surface area contributed by atoms with Gasteiger partial charge in [-0.1, -0.05) is 44.9 Å². The van der Waals surface area contributed by atoms with E-state index < -0.39 is 0 Å². The fraction of sp³-hybridized carbons (Fsp3) is 1.00. The molecule has 0 heterocycles. The molecular weight excluding hydrogens is 291 g/mol. The van der Waals surface area contributed by atoms with Crippen molar-refractivity contribution in [2.24, 2.45) is 11.8 Å². The topological polar surface area (TPSA) is 0 Å². The summed E-state index contributed by atoms with van der Waals surface area (Å²) in [4.78, 5) is 0. The van der Waals surface area contributed by atoms with Crippen molar-refractivity contribution < 1.29 is 0 Å². The van der Waals surface area contributed by atoms with Gasteiger partial charge in [0.05, 0.1) is 2.33 Å². The number of hydrogen-bond acceptors (Lipinski definition) is 0. The molecule has 2 saturated carbocycles. The van der Waals surface area contributed by atoms with Crippen LogP contribution < -0.4 is 0 Å². The molecule has 0 aromatic heterocycles. The predicted molar refractivity (Wildman–Crippen MR) is 51.1 cm³/mol. The average Bonchev–Trinajstić information content (AvgIpc) is 2.19. The summed E-state index contributed by atoms with van der Waals surface area (Å²) in [5, 5.41) is 0. The molecule has 0 nitrogen and oxygen atoms in total. The standard InChI is InChI=1S/C7H10BrI/c8-7(9)4-5-1-2-6(7)3-5/h5-6H,1-4H2. The average molecular weight is 301 g/mol. The molecule has 0 aliphatic heterocycles. The lowest BCUT2D eigenvalue weighted by molar-refractivity contribution is 0.486. The third kappa shape index (κ3) is 1.06. The summed E-state index contributed by atoms with van der Waals surface area (Å²) in [6, 6.07) is 0. The van der Waals surface area contributed by atoms with Crippen LogP contribution in [0, 0.1) is 11.8 Å². The minimum absolute atomic E-state index is 0.494. The quantitative estimate of drug-likeness (QED) is 0.475. The molecule has 52 valence electrons. The van der Waals surface area contributed by atoms with E-state index in [4.69, 9.17) is 0 Å². The van der Waals surface area contributed by atoms with E-state index in [1.54, 1.807) is 0 Å². The second-order valence-electron chi connectivity index (χ2n) is 3.34. The summed E-state index contributed by atoms with van der Waals surface area (Å²) < 4.78 is 0.494. The number of fused-ring (bicyclic) bond motifs is 2. The summed E-state index contributed by atoms with van der Waals surface area (Å²) in [6.45, 7) is 0. The first-order valence-corrected chi connectivity index (χ1v) is 5.43. The lowest BCUT2D eigenvalue weighted by Gasteiger charge is -2.24. The van der Waals surface area contributed by atoms with Crippen molar-refractivity contribution in [2.45, 2.75) is 28.0 Å². The molecule has 2 bridgehead atoms. The van der Waals surface area contributed by atoms with Crippen LogP contribution in [0.25, 0.3) is 0 Å². The molecule has 0 aromatic rings. The van der Waals surface area contributed by atoms with Crippen LogP contribution in [0.2, 0.25) is 0 Å². The van der Waals surface area contributed by atoms with Gasteiger partial charge in [0.1, 0.15) is 0 Å². The van der Waals surface area contributed by atoms with Gasteiger partial charge in [-0.3, -0.25) is 0 Å². The van der Waals surface area contributed by atoms with Crippen molar-refractivity contribution in [3.8, 4) is 0 Å². The SMILES string of the molecule is BrC1(I)CC2CCC1C2. The molecule has 2 heteroatoms. The highest BCUT2D eigenvalue weighted by atomic mass is 127. The smallest absolute Gasteiger partial charge is 0.0734 e. The van der Waals surface area contributed by atoms with E-state index in [0.717, 1.165) is 11.8 Å². The van der Waals surface area contributed by atoms with Crippen LogP contribution in [0.3, 0.4) is 0 Å². The van der Waals surface area contributed by atoms with E-state index >= 15 is 0 Å². The number of hydrogen-bond donors (Lipinski definition) is 0. The van der Waals surface area contributed by atoms with E-state index in [9.17, 15) is 0 Å². The fourth-order valence-corrected chi connectivity index (χ4v) is 4.26. The highest BCUT2D eigenvalue weighted by molar-refractivity contribution is 14.1. The molecule has 0 saturated heterocycles. The van der Waals surface area contributed by atoms with Gasteiger partial charge in [0.2, 0.25) is 0 Å². The number of rotatable bonds is 0. The third-order valence-corrected chi connectivity index (χ3v) is 4.99. The van der Waals surface area contributed by atoms with E-state index in [1.807, 2.05) is 0 Å². The zero-order chi connectivity index (χ0) is 6.48. The van der Waals surface area contributed by atoms with Crippen molar-refractivity contribution in [1.29, 1.82) is 0 Å². The maximum Gasteiger partial charge on any atom is 0.0800 e. The Balaban J connectivity index is 2.18. The zero-order valence-electron chi connectivity index (χ0n) is 5.24. The fourth-order valence-electron chi connectivity index (χ4n) is 2.20. The molecule has 0 radical (unpaired) electrons. The summed E-state index contributed by atoms with van der Waals surface area (Å²) in [6.07, 6.45) is 5.88. The minimum Gasteiger partial charge on any atom is -0.0734 e. The molecule has 2 aliphatic carbocycles. The number of alkyl halides is 2. The Labute approximate surface area is 78.0 Å². The van der Waals surface area contributed by atoms with Gasteiger partial charge < -0.3 is 0 Å². The summed E-state index contributed by atoms with van der Waals surface area (Å²) >= 11 is 6.36. The molecule has 0 spiro atoms. The van der Waals surface area contributed by atoms with E-state index in [1.165, 1.54) is 25.7 Å². The molecule has 0 aromatic carbocycles. The Kier molecular flexibility index (Phi) is 1.61. The van der Waals surface area contributed by atoms with Gasteiger partial charge in [0, 0.05) is 0 Å². The number of halogens is 2. The van der Waals surface area contributed by atoms with Gasteiger partial charge in [-0.2, -0.15) is 0 Å². The predicted octanol–water partition coefficient (Wildman–Crippen LogP) is 3.33. The lowest BCUT2D eigenvalue weighted by Crippen LogP contribution is -2.19. The molecule has 2 rings (SSSR count).